The Kier molecular flexibility index (Phi) is 5.17. The predicted octanol–water partition coefficient (Wildman–Crippen LogP) is 4.97. The van der Waals surface area contributed by atoms with Crippen LogP contribution in [0.4, 0.5) is 0 Å². The second kappa shape index (κ2) is 7.44. The molecule has 27 heavy (non-hydrogen) atoms. The highest BCUT2D eigenvalue weighted by Crippen LogP contribution is 2.37. The minimum absolute atomic E-state index is 0.471. The molecule has 0 bridgehead atoms. The van der Waals surface area contributed by atoms with E-state index >= 15 is 0 Å². The molecule has 3 nitrogen and oxygen atoms in total. The van der Waals surface area contributed by atoms with Gasteiger partial charge in [-0.15, -0.1) is 0 Å². The molecule has 1 saturated carbocycles. The fraction of sp³-hybridized carbons (Fsp3) is 0.583. The van der Waals surface area contributed by atoms with Crippen molar-refractivity contribution in [1.82, 2.24) is 9.47 Å². The quantitative estimate of drug-likeness (QED) is 0.757. The fourth-order valence-corrected chi connectivity index (χ4v) is 5.20. The average Bonchev–Trinajstić information content (AvgIpc) is 3.17. The van der Waals surface area contributed by atoms with Crippen molar-refractivity contribution in [3.05, 3.63) is 46.7 Å². The van der Waals surface area contributed by atoms with E-state index in [0.717, 1.165) is 51.7 Å². The van der Waals surface area contributed by atoms with Crippen LogP contribution in [-0.2, 0) is 19.5 Å². The van der Waals surface area contributed by atoms with Gasteiger partial charge in [0.15, 0.2) is 0 Å². The van der Waals surface area contributed by atoms with E-state index in [1.807, 2.05) is 0 Å². The lowest BCUT2D eigenvalue weighted by Gasteiger charge is -2.27. The van der Waals surface area contributed by atoms with Crippen LogP contribution < -0.4 is 0 Å². The molecule has 0 radical (unpaired) electrons. The molecule has 2 aromatic rings. The van der Waals surface area contributed by atoms with E-state index in [2.05, 4.69) is 54.6 Å². The number of aliphatic hydroxyl groups is 1. The van der Waals surface area contributed by atoms with E-state index in [4.69, 9.17) is 0 Å². The van der Waals surface area contributed by atoms with Gasteiger partial charge in [-0.05, 0) is 57.4 Å². The van der Waals surface area contributed by atoms with Gasteiger partial charge in [-0.2, -0.15) is 0 Å². The number of hydrogen-bond donors (Lipinski definition) is 1. The number of likely N-dealkylation sites (N-methyl/N-ethyl adjacent to an activating group) is 1. The summed E-state index contributed by atoms with van der Waals surface area (Å²) < 4.78 is 2.55. The summed E-state index contributed by atoms with van der Waals surface area (Å²) in [4.78, 5) is 2.43. The van der Waals surface area contributed by atoms with E-state index < -0.39 is 5.60 Å². The first-order valence-corrected chi connectivity index (χ1v) is 10.7. The molecule has 3 heteroatoms. The second-order valence-corrected chi connectivity index (χ2v) is 8.90. The predicted molar refractivity (Wildman–Crippen MR) is 113 cm³/mol. The molecule has 1 N–H and O–H groups in total. The molecule has 1 aliphatic carbocycles. The summed E-state index contributed by atoms with van der Waals surface area (Å²) in [5.74, 6) is 0. The first-order valence-electron chi connectivity index (χ1n) is 10.7. The number of nitrogens with zero attached hydrogens (tertiary/aromatic N) is 2. The van der Waals surface area contributed by atoms with E-state index in [0.29, 0.717) is 0 Å². The largest absolute Gasteiger partial charge is 0.390 e. The Hall–Kier alpha value is -1.58. The molecule has 146 valence electrons. The molecule has 1 aliphatic heterocycles. The standard InChI is InChI=1S/C24H34N2O/c1-4-7-19(15-24(27)11-5-6-12-24)16-26-22-9-8-18(2)14-20(22)21-17-25(3)13-10-23(21)26/h7-9,14,27H,4-6,10-13,15-17H2,1-3H3/b19-7+. The zero-order valence-electron chi connectivity index (χ0n) is 17.2. The van der Waals surface area contributed by atoms with Crippen molar-refractivity contribution < 1.29 is 5.11 Å². The van der Waals surface area contributed by atoms with E-state index in [1.54, 1.807) is 0 Å². The second-order valence-electron chi connectivity index (χ2n) is 8.90. The van der Waals surface area contributed by atoms with Crippen LogP contribution in [0.2, 0.25) is 0 Å². The number of fused-ring (bicyclic) bond motifs is 3. The van der Waals surface area contributed by atoms with Gasteiger partial charge in [-0.3, -0.25) is 0 Å². The minimum atomic E-state index is -0.471. The Bertz CT molecular complexity index is 855. The molecule has 4 rings (SSSR count). The number of benzene rings is 1. The van der Waals surface area contributed by atoms with Crippen LogP contribution in [0.25, 0.3) is 10.9 Å². The maximum absolute atomic E-state index is 11.0. The van der Waals surface area contributed by atoms with Gasteiger partial charge in [-0.1, -0.05) is 43.0 Å². The number of hydrogen-bond acceptors (Lipinski definition) is 2. The van der Waals surface area contributed by atoms with Crippen LogP contribution in [0.3, 0.4) is 0 Å². The SMILES string of the molecule is CC/C=C(/Cn1c2c(c3cc(C)ccc31)CN(C)CC2)CC1(O)CCCC1. The zero-order valence-corrected chi connectivity index (χ0v) is 17.2. The Morgan fingerprint density at radius 2 is 2.04 bits per heavy atom. The lowest BCUT2D eigenvalue weighted by atomic mass is 9.92. The molecule has 0 amide bonds. The Balaban J connectivity index is 1.73. The molecule has 2 aliphatic rings. The van der Waals surface area contributed by atoms with Crippen LogP contribution in [-0.4, -0.2) is 33.8 Å². The smallest absolute Gasteiger partial charge is 0.0685 e. The zero-order chi connectivity index (χ0) is 19.0. The highest BCUT2D eigenvalue weighted by molar-refractivity contribution is 5.86. The summed E-state index contributed by atoms with van der Waals surface area (Å²) in [5.41, 5.74) is 6.65. The van der Waals surface area contributed by atoms with Gasteiger partial charge >= 0.3 is 0 Å². The maximum atomic E-state index is 11.0. The van der Waals surface area contributed by atoms with Crippen molar-refractivity contribution in [3.8, 4) is 0 Å². The van der Waals surface area contributed by atoms with Crippen LogP contribution in [0.5, 0.6) is 0 Å². The monoisotopic (exact) mass is 366 g/mol. The Morgan fingerprint density at radius 3 is 2.78 bits per heavy atom. The Labute approximate surface area is 163 Å². The van der Waals surface area contributed by atoms with Crippen LogP contribution >= 0.6 is 0 Å². The van der Waals surface area contributed by atoms with Gasteiger partial charge in [0.1, 0.15) is 0 Å². The lowest BCUT2D eigenvalue weighted by molar-refractivity contribution is 0.0471. The number of rotatable bonds is 5. The molecule has 0 atom stereocenters. The first-order chi connectivity index (χ1) is 13.0. The fourth-order valence-electron chi connectivity index (χ4n) is 5.20. The summed E-state index contributed by atoms with van der Waals surface area (Å²) >= 11 is 0. The maximum Gasteiger partial charge on any atom is 0.0685 e. The Morgan fingerprint density at radius 1 is 1.26 bits per heavy atom. The molecule has 0 spiro atoms. The van der Waals surface area contributed by atoms with E-state index in [9.17, 15) is 5.11 Å². The summed E-state index contributed by atoms with van der Waals surface area (Å²) in [6, 6.07) is 6.90. The normalized spacial score (nSPS) is 20.4. The van der Waals surface area contributed by atoms with Crippen LogP contribution in [0.15, 0.2) is 29.8 Å². The molecule has 0 unspecified atom stereocenters. The molecule has 0 saturated heterocycles. The van der Waals surface area contributed by atoms with Crippen LogP contribution in [0.1, 0.15) is 62.3 Å². The van der Waals surface area contributed by atoms with Crippen molar-refractivity contribution in [2.75, 3.05) is 13.6 Å². The van der Waals surface area contributed by atoms with Gasteiger partial charge in [0, 0.05) is 42.7 Å². The number of allylic oxidation sites excluding steroid dienone is 1. The lowest BCUT2D eigenvalue weighted by Crippen LogP contribution is -2.28. The van der Waals surface area contributed by atoms with Crippen molar-refractivity contribution in [2.45, 2.75) is 77.5 Å². The summed E-state index contributed by atoms with van der Waals surface area (Å²) in [6.07, 6.45) is 9.61. The molecule has 1 fully saturated rings. The van der Waals surface area contributed by atoms with Crippen molar-refractivity contribution in [2.24, 2.45) is 0 Å². The summed E-state index contributed by atoms with van der Waals surface area (Å²) in [5, 5.41) is 12.4. The molecular weight excluding hydrogens is 332 g/mol. The van der Waals surface area contributed by atoms with Crippen molar-refractivity contribution in [1.29, 1.82) is 0 Å². The summed E-state index contributed by atoms with van der Waals surface area (Å²) in [7, 11) is 2.22. The van der Waals surface area contributed by atoms with Gasteiger partial charge in [0.25, 0.3) is 0 Å². The van der Waals surface area contributed by atoms with Crippen molar-refractivity contribution >= 4 is 10.9 Å². The molecular formula is C24H34N2O. The van der Waals surface area contributed by atoms with Gasteiger partial charge in [-0.25, -0.2) is 0 Å². The van der Waals surface area contributed by atoms with Gasteiger partial charge in [0.05, 0.1) is 5.60 Å². The molecule has 1 aromatic heterocycles. The highest BCUT2D eigenvalue weighted by Gasteiger charge is 2.32. The summed E-state index contributed by atoms with van der Waals surface area (Å²) in [6.45, 7) is 7.49. The average molecular weight is 367 g/mol. The third-order valence-corrected chi connectivity index (χ3v) is 6.54. The topological polar surface area (TPSA) is 28.4 Å². The van der Waals surface area contributed by atoms with Gasteiger partial charge in [0.2, 0.25) is 0 Å². The van der Waals surface area contributed by atoms with Crippen LogP contribution in [0, 0.1) is 6.92 Å². The van der Waals surface area contributed by atoms with E-state index in [1.165, 1.54) is 46.1 Å². The highest BCUT2D eigenvalue weighted by atomic mass is 16.3. The molecule has 2 heterocycles. The first kappa shape index (κ1) is 18.8. The third-order valence-electron chi connectivity index (χ3n) is 6.54. The number of aryl methyl sites for hydroxylation is 1. The van der Waals surface area contributed by atoms with E-state index in [-0.39, 0.29) is 0 Å². The number of aromatic nitrogens is 1. The van der Waals surface area contributed by atoms with Gasteiger partial charge < -0.3 is 14.6 Å². The van der Waals surface area contributed by atoms with Crippen molar-refractivity contribution in [3.63, 3.8) is 0 Å². The molecule has 1 aromatic carbocycles. The minimum Gasteiger partial charge on any atom is -0.390 e. The third kappa shape index (κ3) is 3.72.